The van der Waals surface area contributed by atoms with Gasteiger partial charge < -0.3 is 14.8 Å². The molecule has 0 atom stereocenters. The maximum atomic E-state index is 5.62. The van der Waals surface area contributed by atoms with E-state index in [1.807, 2.05) is 13.8 Å². The summed E-state index contributed by atoms with van der Waals surface area (Å²) in [4.78, 5) is 0. The number of ether oxygens (including phenoxy) is 2. The summed E-state index contributed by atoms with van der Waals surface area (Å²) in [6.45, 7) is 7.03. The molecule has 0 heterocycles. The van der Waals surface area contributed by atoms with Crippen LogP contribution in [0.15, 0.2) is 24.3 Å². The van der Waals surface area contributed by atoms with E-state index in [1.54, 1.807) is 0 Å². The van der Waals surface area contributed by atoms with Gasteiger partial charge in [0.1, 0.15) is 0 Å². The number of rotatable bonds is 9. The Kier molecular flexibility index (Phi) is 5.83. The first-order valence-corrected chi connectivity index (χ1v) is 7.24. The molecule has 19 heavy (non-hydrogen) atoms. The number of nitrogens with one attached hydrogen (secondary N) is 1. The molecule has 1 N–H and O–H groups in total. The van der Waals surface area contributed by atoms with Crippen molar-refractivity contribution in [2.45, 2.75) is 52.0 Å². The first-order chi connectivity index (χ1) is 9.24. The number of benzene rings is 1. The Morgan fingerprint density at radius 2 is 2.00 bits per heavy atom. The van der Waals surface area contributed by atoms with Gasteiger partial charge in [0, 0.05) is 12.6 Å². The topological polar surface area (TPSA) is 30.5 Å². The third kappa shape index (κ3) is 6.19. The van der Waals surface area contributed by atoms with Crippen LogP contribution in [0.5, 0.6) is 0 Å². The molecule has 1 fully saturated rings. The Morgan fingerprint density at radius 3 is 2.74 bits per heavy atom. The molecule has 2 rings (SSSR count). The normalized spacial score (nSPS) is 15.1. The highest BCUT2D eigenvalue weighted by Crippen LogP contribution is 2.19. The molecular formula is C16H25NO2. The summed E-state index contributed by atoms with van der Waals surface area (Å²) in [6, 6.07) is 9.37. The summed E-state index contributed by atoms with van der Waals surface area (Å²) < 4.78 is 11.1. The van der Waals surface area contributed by atoms with Crippen LogP contribution < -0.4 is 5.32 Å². The summed E-state index contributed by atoms with van der Waals surface area (Å²) in [7, 11) is 0. The van der Waals surface area contributed by atoms with E-state index < -0.39 is 0 Å². The van der Waals surface area contributed by atoms with Crippen LogP contribution >= 0.6 is 0 Å². The van der Waals surface area contributed by atoms with Crippen molar-refractivity contribution in [2.24, 2.45) is 0 Å². The van der Waals surface area contributed by atoms with Crippen LogP contribution in [0.25, 0.3) is 0 Å². The van der Waals surface area contributed by atoms with Crippen LogP contribution in [0.3, 0.4) is 0 Å². The van der Waals surface area contributed by atoms with Gasteiger partial charge in [0.2, 0.25) is 0 Å². The summed E-state index contributed by atoms with van der Waals surface area (Å²) in [6.07, 6.45) is 2.94. The molecule has 1 aliphatic rings. The minimum absolute atomic E-state index is 0.278. The fourth-order valence-corrected chi connectivity index (χ4v) is 1.91. The fraction of sp³-hybridized carbons (Fsp3) is 0.625. The highest BCUT2D eigenvalue weighted by Gasteiger charge is 2.19. The van der Waals surface area contributed by atoms with Crippen molar-refractivity contribution in [2.75, 3.05) is 13.2 Å². The van der Waals surface area contributed by atoms with E-state index in [2.05, 4.69) is 29.6 Å². The zero-order valence-corrected chi connectivity index (χ0v) is 12.0. The average molecular weight is 263 g/mol. The molecule has 0 amide bonds. The second-order valence-electron chi connectivity index (χ2n) is 5.45. The summed E-state index contributed by atoms with van der Waals surface area (Å²) in [5.74, 6) is 0. The van der Waals surface area contributed by atoms with Crippen LogP contribution in [0.1, 0.15) is 37.8 Å². The maximum Gasteiger partial charge on any atom is 0.0718 e. The predicted octanol–water partition coefficient (Wildman–Crippen LogP) is 2.88. The number of hydrogen-bond donors (Lipinski definition) is 1. The van der Waals surface area contributed by atoms with Crippen LogP contribution in [-0.2, 0) is 22.6 Å². The van der Waals surface area contributed by atoms with Gasteiger partial charge in [-0.25, -0.2) is 0 Å². The Morgan fingerprint density at radius 1 is 1.21 bits per heavy atom. The highest BCUT2D eigenvalue weighted by atomic mass is 16.5. The molecule has 1 saturated carbocycles. The second kappa shape index (κ2) is 7.63. The molecule has 1 aliphatic carbocycles. The molecule has 0 spiro atoms. The van der Waals surface area contributed by atoms with Crippen molar-refractivity contribution in [3.8, 4) is 0 Å². The van der Waals surface area contributed by atoms with Gasteiger partial charge in [0.05, 0.1) is 25.9 Å². The number of hydrogen-bond acceptors (Lipinski definition) is 3. The lowest BCUT2D eigenvalue weighted by Gasteiger charge is -2.09. The average Bonchev–Trinajstić information content (AvgIpc) is 3.20. The Bertz CT molecular complexity index is 375. The van der Waals surface area contributed by atoms with E-state index >= 15 is 0 Å². The van der Waals surface area contributed by atoms with Crippen molar-refractivity contribution in [1.82, 2.24) is 5.32 Å². The van der Waals surface area contributed by atoms with Gasteiger partial charge in [-0.1, -0.05) is 24.3 Å². The molecule has 0 aliphatic heterocycles. The Labute approximate surface area is 116 Å². The molecule has 1 aromatic carbocycles. The molecular weight excluding hydrogens is 238 g/mol. The first-order valence-electron chi connectivity index (χ1n) is 7.24. The summed E-state index contributed by atoms with van der Waals surface area (Å²) in [5.41, 5.74) is 2.58. The molecule has 0 aromatic heterocycles. The summed E-state index contributed by atoms with van der Waals surface area (Å²) in [5, 5.41) is 3.53. The largest absolute Gasteiger partial charge is 0.376 e. The monoisotopic (exact) mass is 263 g/mol. The zero-order chi connectivity index (χ0) is 13.5. The molecule has 3 nitrogen and oxygen atoms in total. The van der Waals surface area contributed by atoms with Crippen LogP contribution in [0, 0.1) is 0 Å². The lowest BCUT2D eigenvalue weighted by atomic mass is 10.1. The van der Waals surface area contributed by atoms with E-state index in [0.29, 0.717) is 19.8 Å². The zero-order valence-electron chi connectivity index (χ0n) is 12.0. The predicted molar refractivity (Wildman–Crippen MR) is 77.0 cm³/mol. The second-order valence-corrected chi connectivity index (χ2v) is 5.45. The minimum atomic E-state index is 0.278. The van der Waals surface area contributed by atoms with Crippen molar-refractivity contribution in [3.05, 3.63) is 35.4 Å². The SMILES string of the molecule is CC(C)OCCOCc1cccc(CNC2CC2)c1. The molecule has 3 heteroatoms. The van der Waals surface area contributed by atoms with Crippen LogP contribution in [0.4, 0.5) is 0 Å². The molecule has 0 radical (unpaired) electrons. The minimum Gasteiger partial charge on any atom is -0.376 e. The van der Waals surface area contributed by atoms with E-state index in [1.165, 1.54) is 24.0 Å². The van der Waals surface area contributed by atoms with Crippen molar-refractivity contribution in [1.29, 1.82) is 0 Å². The third-order valence-corrected chi connectivity index (χ3v) is 3.11. The van der Waals surface area contributed by atoms with E-state index in [-0.39, 0.29) is 6.10 Å². The standard InChI is InChI=1S/C16H25NO2/c1-13(2)19-9-8-18-12-15-5-3-4-14(10-15)11-17-16-6-7-16/h3-5,10,13,16-17H,6-9,11-12H2,1-2H3. The maximum absolute atomic E-state index is 5.62. The molecule has 0 bridgehead atoms. The highest BCUT2D eigenvalue weighted by molar-refractivity contribution is 5.23. The van der Waals surface area contributed by atoms with Crippen molar-refractivity contribution >= 4 is 0 Å². The molecule has 106 valence electrons. The fourth-order valence-electron chi connectivity index (χ4n) is 1.91. The Hall–Kier alpha value is -0.900. The summed E-state index contributed by atoms with van der Waals surface area (Å²) >= 11 is 0. The van der Waals surface area contributed by atoms with Crippen LogP contribution in [0.2, 0.25) is 0 Å². The smallest absolute Gasteiger partial charge is 0.0718 e. The Balaban J connectivity index is 1.65. The van der Waals surface area contributed by atoms with E-state index in [0.717, 1.165) is 12.6 Å². The van der Waals surface area contributed by atoms with Gasteiger partial charge in [-0.15, -0.1) is 0 Å². The van der Waals surface area contributed by atoms with Gasteiger partial charge >= 0.3 is 0 Å². The van der Waals surface area contributed by atoms with Gasteiger partial charge in [-0.3, -0.25) is 0 Å². The molecule has 0 unspecified atom stereocenters. The van der Waals surface area contributed by atoms with Gasteiger partial charge in [-0.05, 0) is 37.8 Å². The first kappa shape index (κ1) is 14.5. The molecule has 1 aromatic rings. The van der Waals surface area contributed by atoms with E-state index in [9.17, 15) is 0 Å². The van der Waals surface area contributed by atoms with Gasteiger partial charge in [-0.2, -0.15) is 0 Å². The van der Waals surface area contributed by atoms with Crippen LogP contribution in [-0.4, -0.2) is 25.4 Å². The van der Waals surface area contributed by atoms with Gasteiger partial charge in [0.15, 0.2) is 0 Å². The molecule has 0 saturated heterocycles. The van der Waals surface area contributed by atoms with Gasteiger partial charge in [0.25, 0.3) is 0 Å². The van der Waals surface area contributed by atoms with Crippen molar-refractivity contribution in [3.63, 3.8) is 0 Å². The third-order valence-electron chi connectivity index (χ3n) is 3.11. The lowest BCUT2D eigenvalue weighted by Crippen LogP contribution is -2.15. The van der Waals surface area contributed by atoms with E-state index in [4.69, 9.17) is 9.47 Å². The quantitative estimate of drug-likeness (QED) is 0.695. The lowest BCUT2D eigenvalue weighted by molar-refractivity contribution is 0.0143. The van der Waals surface area contributed by atoms with Crippen molar-refractivity contribution < 1.29 is 9.47 Å².